The van der Waals surface area contributed by atoms with Crippen molar-refractivity contribution < 1.29 is 39.0 Å². The monoisotopic (exact) mass is 243 g/mol. The average molecular weight is 243 g/mol. The number of thiocyanates is 2. The number of nitrogens with zero attached hydrogens (tertiary/aromatic N) is 2. The standard InChI is InChI=1S/2CHNS.Mn.4H2O/c2*2-1-3;;;;;/h2*3H;;4*1H2/q;;+2;;;;/p-2. The Kier molecular flexibility index (Phi) is 1560. The summed E-state index contributed by atoms with van der Waals surface area (Å²) in [6.45, 7) is 0. The second kappa shape index (κ2) is 238. The minimum atomic E-state index is 0. The molecule has 0 fully saturated rings. The molecule has 0 rings (SSSR count). The zero-order valence-corrected chi connectivity index (χ0v) is 7.90. The second-order valence-electron chi connectivity index (χ2n) is 0.183. The van der Waals surface area contributed by atoms with Crippen LogP contribution in [0.25, 0.3) is 0 Å². The summed E-state index contributed by atoms with van der Waals surface area (Å²) in [5.41, 5.74) is 0. The molecule has 0 aromatic heterocycles. The maximum atomic E-state index is 7.13. The minimum Gasteiger partial charge on any atom is -0.696 e. The van der Waals surface area contributed by atoms with Crippen LogP contribution in [-0.2, 0) is 42.3 Å². The topological polar surface area (TPSA) is 174 Å². The molecule has 0 aliphatic heterocycles. The third-order valence-corrected chi connectivity index (χ3v) is 0. The summed E-state index contributed by atoms with van der Waals surface area (Å²) in [5, 5.41) is 16.9. The Morgan fingerprint density at radius 3 is 0.727 bits per heavy atom. The Morgan fingerprint density at radius 1 is 0.727 bits per heavy atom. The van der Waals surface area contributed by atoms with Gasteiger partial charge < -0.3 is 47.2 Å². The van der Waals surface area contributed by atoms with Crippen molar-refractivity contribution in [2.24, 2.45) is 0 Å². The summed E-state index contributed by atoms with van der Waals surface area (Å²) in [6.07, 6.45) is 0. The Hall–Kier alpha value is -0.221. The summed E-state index contributed by atoms with van der Waals surface area (Å²) in [4.78, 5) is 0. The summed E-state index contributed by atoms with van der Waals surface area (Å²) in [6, 6.07) is 0. The molecule has 0 unspecified atom stereocenters. The normalized spacial score (nSPS) is 1.27. The molecule has 9 heteroatoms. The molecule has 11 heavy (non-hydrogen) atoms. The van der Waals surface area contributed by atoms with Gasteiger partial charge in [-0.3, -0.25) is 0 Å². The van der Waals surface area contributed by atoms with Crippen molar-refractivity contribution in [1.82, 2.24) is 0 Å². The molecule has 1 radical (unpaired) electrons. The molecular formula is C2H8MnN2O4S2. The van der Waals surface area contributed by atoms with Crippen LogP contribution in [0.4, 0.5) is 0 Å². The predicted molar refractivity (Wildman–Crippen MR) is 40.4 cm³/mol. The number of rotatable bonds is 0. The molecule has 0 aromatic carbocycles. The van der Waals surface area contributed by atoms with Crippen molar-refractivity contribution >= 4 is 25.3 Å². The van der Waals surface area contributed by atoms with Gasteiger partial charge in [-0.15, -0.1) is 0 Å². The molecule has 69 valence electrons. The predicted octanol–water partition coefficient (Wildman–Crippen LogP) is -3.27. The molecule has 0 aromatic rings. The SMILES string of the molecule is N#C[S-].N#C[S-].O.O.O.O.[Mn+2]. The smallest absolute Gasteiger partial charge is 0.696 e. The third-order valence-electron chi connectivity index (χ3n) is 0. The zero-order chi connectivity index (χ0) is 5.41. The van der Waals surface area contributed by atoms with E-state index in [0.717, 1.165) is 0 Å². The van der Waals surface area contributed by atoms with Gasteiger partial charge in [-0.25, -0.2) is 10.5 Å². The van der Waals surface area contributed by atoms with Crippen LogP contribution in [0, 0.1) is 21.3 Å². The van der Waals surface area contributed by atoms with Gasteiger partial charge in [0.1, 0.15) is 0 Å². The largest absolute Gasteiger partial charge is 2.00 e. The molecule has 0 aliphatic carbocycles. The van der Waals surface area contributed by atoms with E-state index in [9.17, 15) is 0 Å². The van der Waals surface area contributed by atoms with Crippen LogP contribution in [0.3, 0.4) is 0 Å². The molecule has 8 N–H and O–H groups in total. The molecule has 0 spiro atoms. The van der Waals surface area contributed by atoms with Gasteiger partial charge >= 0.3 is 17.1 Å². The summed E-state index contributed by atoms with van der Waals surface area (Å²) < 4.78 is 0. The van der Waals surface area contributed by atoms with Gasteiger partial charge in [0.05, 0.1) is 0 Å². The summed E-state index contributed by atoms with van der Waals surface area (Å²) >= 11 is 7.40. The van der Waals surface area contributed by atoms with Crippen molar-refractivity contribution in [2.45, 2.75) is 0 Å². The first-order valence-electron chi connectivity index (χ1n) is 0.855. The van der Waals surface area contributed by atoms with E-state index < -0.39 is 0 Å². The Morgan fingerprint density at radius 2 is 0.727 bits per heavy atom. The molecule has 0 aliphatic rings. The maximum Gasteiger partial charge on any atom is 2.00 e. The van der Waals surface area contributed by atoms with Crippen LogP contribution < -0.4 is 0 Å². The Bertz CT molecular complexity index is 79.1. The molecule has 0 atom stereocenters. The van der Waals surface area contributed by atoms with E-state index in [1.165, 1.54) is 10.8 Å². The van der Waals surface area contributed by atoms with Gasteiger partial charge in [0.25, 0.3) is 0 Å². The van der Waals surface area contributed by atoms with Crippen LogP contribution in [0.15, 0.2) is 0 Å². The van der Waals surface area contributed by atoms with E-state index in [0.29, 0.717) is 0 Å². The van der Waals surface area contributed by atoms with Crippen LogP contribution in [0.1, 0.15) is 0 Å². The summed E-state index contributed by atoms with van der Waals surface area (Å²) in [7, 11) is 0. The van der Waals surface area contributed by atoms with Gasteiger partial charge in [0.15, 0.2) is 0 Å². The minimum absolute atomic E-state index is 0. The molecule has 0 saturated carbocycles. The van der Waals surface area contributed by atoms with Crippen molar-refractivity contribution in [2.75, 3.05) is 0 Å². The Balaban J connectivity index is -0.00000000400. The van der Waals surface area contributed by atoms with E-state index in [-0.39, 0.29) is 39.0 Å². The van der Waals surface area contributed by atoms with Gasteiger partial charge in [0, 0.05) is 0 Å². The first-order valence-corrected chi connectivity index (χ1v) is 1.67. The van der Waals surface area contributed by atoms with Crippen molar-refractivity contribution in [1.29, 1.82) is 10.5 Å². The van der Waals surface area contributed by atoms with Crippen molar-refractivity contribution in [3.63, 3.8) is 0 Å². The Labute approximate surface area is 85.7 Å². The van der Waals surface area contributed by atoms with Crippen LogP contribution in [0.2, 0.25) is 0 Å². The first-order chi connectivity index (χ1) is 2.83. The van der Waals surface area contributed by atoms with Crippen molar-refractivity contribution in [3.05, 3.63) is 0 Å². The number of hydrogen-bond acceptors (Lipinski definition) is 4. The number of hydrogen-bond donors (Lipinski definition) is 0. The van der Waals surface area contributed by atoms with Crippen LogP contribution in [-0.4, -0.2) is 21.9 Å². The maximum absolute atomic E-state index is 7.13. The average Bonchev–Trinajstić information content (AvgIpc) is 1.39. The van der Waals surface area contributed by atoms with Gasteiger partial charge in [-0.1, -0.05) is 10.8 Å². The van der Waals surface area contributed by atoms with Crippen LogP contribution >= 0.6 is 0 Å². The van der Waals surface area contributed by atoms with E-state index >= 15 is 0 Å². The molecule has 0 bridgehead atoms. The van der Waals surface area contributed by atoms with Crippen LogP contribution in [0.5, 0.6) is 0 Å². The fourth-order valence-electron chi connectivity index (χ4n) is 0. The molecular weight excluding hydrogens is 235 g/mol. The number of nitriles is 2. The van der Waals surface area contributed by atoms with Gasteiger partial charge in [-0.2, -0.15) is 0 Å². The van der Waals surface area contributed by atoms with E-state index in [1.807, 2.05) is 0 Å². The summed E-state index contributed by atoms with van der Waals surface area (Å²) in [5.74, 6) is 0. The van der Waals surface area contributed by atoms with E-state index in [1.54, 1.807) is 0 Å². The van der Waals surface area contributed by atoms with Crippen molar-refractivity contribution in [3.8, 4) is 10.8 Å². The fourth-order valence-corrected chi connectivity index (χ4v) is 0. The fraction of sp³-hybridized carbons (Fsp3) is 0. The molecule has 0 saturated heterocycles. The quantitative estimate of drug-likeness (QED) is 0.246. The molecule has 0 amide bonds. The molecule has 0 heterocycles. The zero-order valence-electron chi connectivity index (χ0n) is 5.09. The van der Waals surface area contributed by atoms with E-state index in [2.05, 4.69) is 25.3 Å². The third kappa shape index (κ3) is 12200. The van der Waals surface area contributed by atoms with Gasteiger partial charge in [0.2, 0.25) is 0 Å². The van der Waals surface area contributed by atoms with Gasteiger partial charge in [-0.05, 0) is 0 Å². The molecule has 6 nitrogen and oxygen atoms in total. The first kappa shape index (κ1) is 72.2. The van der Waals surface area contributed by atoms with E-state index in [4.69, 9.17) is 10.5 Å². The second-order valence-corrected chi connectivity index (χ2v) is 0.548.